The number of imidazole rings is 1. The molecule has 0 fully saturated rings. The molecule has 0 amide bonds. The lowest BCUT2D eigenvalue weighted by Crippen LogP contribution is -2.42. The van der Waals surface area contributed by atoms with Crippen LogP contribution in [0.4, 0.5) is 27.8 Å². The van der Waals surface area contributed by atoms with Crippen LogP contribution >= 0.6 is 0 Å². The van der Waals surface area contributed by atoms with Crippen molar-refractivity contribution in [1.29, 1.82) is 0 Å². The summed E-state index contributed by atoms with van der Waals surface area (Å²) in [6.45, 7) is 2.52. The van der Waals surface area contributed by atoms with Gasteiger partial charge in [0.25, 0.3) is 5.90 Å². The van der Waals surface area contributed by atoms with E-state index in [2.05, 4.69) is 20.2 Å². The van der Waals surface area contributed by atoms with Crippen LogP contribution in [0.2, 0.25) is 0 Å². The topological polar surface area (TPSA) is 156 Å². The third-order valence-corrected chi connectivity index (χ3v) is 7.90. The van der Waals surface area contributed by atoms with E-state index < -0.39 is 54.9 Å². The maximum absolute atomic E-state index is 13.8. The highest BCUT2D eigenvalue weighted by Gasteiger charge is 2.61. The number of sulfone groups is 2. The van der Waals surface area contributed by atoms with Gasteiger partial charge in [0.15, 0.2) is 36.8 Å². The molecule has 0 saturated heterocycles. The Kier molecular flexibility index (Phi) is 8.26. The van der Waals surface area contributed by atoms with Crippen LogP contribution in [0, 0.1) is 0 Å². The first kappa shape index (κ1) is 30.2. The highest BCUT2D eigenvalue weighted by atomic mass is 32.2. The molecule has 0 saturated carbocycles. The van der Waals surface area contributed by atoms with Gasteiger partial charge in [-0.25, -0.2) is 31.8 Å². The molecule has 1 atom stereocenters. The summed E-state index contributed by atoms with van der Waals surface area (Å²) in [5.41, 5.74) is -0.509. The lowest BCUT2D eigenvalue weighted by atomic mass is 10.2. The second-order valence-corrected chi connectivity index (χ2v) is 12.8. The van der Waals surface area contributed by atoms with Crippen molar-refractivity contribution in [3.63, 3.8) is 0 Å². The van der Waals surface area contributed by atoms with Crippen LogP contribution < -0.4 is 15.8 Å². The van der Waals surface area contributed by atoms with E-state index in [1.54, 1.807) is 0 Å². The molecular formula is C20H23F5N6O6S2. The number of methoxy groups -OCH3 is 1. The highest BCUT2D eigenvalue weighted by Crippen LogP contribution is 2.41. The Morgan fingerprint density at radius 3 is 2.44 bits per heavy atom. The predicted molar refractivity (Wildman–Crippen MR) is 127 cm³/mol. The Morgan fingerprint density at radius 1 is 1.21 bits per heavy atom. The number of hydrogen-bond acceptors (Lipinski definition) is 11. The van der Waals surface area contributed by atoms with Gasteiger partial charge in [-0.3, -0.25) is 0 Å². The van der Waals surface area contributed by atoms with Crippen molar-refractivity contribution in [1.82, 2.24) is 15.0 Å². The van der Waals surface area contributed by atoms with E-state index in [9.17, 15) is 38.8 Å². The molecular weight excluding hydrogens is 579 g/mol. The van der Waals surface area contributed by atoms with Crippen molar-refractivity contribution in [3.8, 4) is 0 Å². The Hall–Kier alpha value is -3.35. The van der Waals surface area contributed by atoms with Gasteiger partial charge in [0.2, 0.25) is 0 Å². The molecule has 1 aliphatic heterocycles. The van der Waals surface area contributed by atoms with E-state index in [4.69, 9.17) is 9.57 Å². The smallest absolute Gasteiger partial charge is 0.461 e. The number of ether oxygens (including phenoxy) is 1. The molecule has 0 bridgehead atoms. The number of aromatic nitrogens is 3. The molecule has 19 heteroatoms. The second-order valence-electron chi connectivity index (χ2n) is 8.26. The molecule has 1 aliphatic rings. The number of anilines is 1. The second kappa shape index (κ2) is 10.7. The summed E-state index contributed by atoms with van der Waals surface area (Å²) in [5.74, 6) is -8.18. The third kappa shape index (κ3) is 6.45. The van der Waals surface area contributed by atoms with Crippen LogP contribution in [0.25, 0.3) is 6.08 Å². The van der Waals surface area contributed by atoms with Crippen LogP contribution in [-0.2, 0) is 35.2 Å². The summed E-state index contributed by atoms with van der Waals surface area (Å²) in [4.78, 5) is 13.9. The molecule has 3 rings (SSSR count). The van der Waals surface area contributed by atoms with Crippen LogP contribution in [0.15, 0.2) is 27.4 Å². The van der Waals surface area contributed by atoms with Crippen molar-refractivity contribution >= 4 is 37.5 Å². The van der Waals surface area contributed by atoms with Crippen LogP contribution in [0.1, 0.15) is 25.2 Å². The minimum atomic E-state index is -5.91. The Labute approximate surface area is 219 Å². The Morgan fingerprint density at radius 2 is 1.87 bits per heavy atom. The van der Waals surface area contributed by atoms with Gasteiger partial charge >= 0.3 is 12.1 Å². The van der Waals surface area contributed by atoms with Gasteiger partial charge in [0.1, 0.15) is 11.5 Å². The number of H-pyrrole nitrogens is 1. The summed E-state index contributed by atoms with van der Waals surface area (Å²) in [7, 11) is -6.16. The van der Waals surface area contributed by atoms with Gasteiger partial charge in [-0.1, -0.05) is 6.92 Å². The van der Waals surface area contributed by atoms with Crippen molar-refractivity contribution in [3.05, 3.63) is 34.5 Å². The van der Waals surface area contributed by atoms with Gasteiger partial charge in [0.05, 0.1) is 35.6 Å². The molecule has 1 unspecified atom stereocenters. The lowest BCUT2D eigenvalue weighted by molar-refractivity contribution is -0.292. The van der Waals surface area contributed by atoms with E-state index in [1.807, 2.05) is 4.98 Å². The van der Waals surface area contributed by atoms with Crippen LogP contribution in [-0.4, -0.2) is 81.4 Å². The first-order valence-corrected chi connectivity index (χ1v) is 14.7. The Balaban J connectivity index is 2.08. The average molecular weight is 603 g/mol. The highest BCUT2D eigenvalue weighted by molar-refractivity contribution is 7.91. The minimum Gasteiger partial charge on any atom is -0.478 e. The molecule has 0 aromatic carbocycles. The SMILES string of the molecule is CCS(=O)(=O)c1cc(C(=NOCCS(C)(=O)=O)OC)cnc1N1N=c2nc(C(F)(F)C(F)(F)F)[nH]c2=CC1C. The molecule has 2 aromatic heterocycles. The molecule has 0 aliphatic carbocycles. The Bertz CT molecular complexity index is 1610. The third-order valence-electron chi connectivity index (χ3n) is 5.26. The summed E-state index contributed by atoms with van der Waals surface area (Å²) < 4.78 is 120. The average Bonchev–Trinajstić information content (AvgIpc) is 3.25. The summed E-state index contributed by atoms with van der Waals surface area (Å²) >= 11 is 0. The number of halogens is 5. The fourth-order valence-corrected chi connectivity index (χ4v) is 4.63. The monoisotopic (exact) mass is 602 g/mol. The molecule has 216 valence electrons. The van der Waals surface area contributed by atoms with E-state index in [1.165, 1.54) is 27.0 Å². The lowest BCUT2D eigenvalue weighted by Gasteiger charge is -2.26. The van der Waals surface area contributed by atoms with Gasteiger partial charge in [-0.2, -0.15) is 22.0 Å². The maximum Gasteiger partial charge on any atom is 0.461 e. The number of nitrogens with zero attached hydrogens (tertiary/aromatic N) is 5. The molecule has 0 spiro atoms. The summed E-state index contributed by atoms with van der Waals surface area (Å²) in [6.07, 6.45) is -2.53. The van der Waals surface area contributed by atoms with E-state index in [0.717, 1.165) is 23.5 Å². The predicted octanol–water partition coefficient (Wildman–Crippen LogP) is 0.845. The number of oxime groups is 1. The fourth-order valence-electron chi connectivity index (χ4n) is 3.21. The zero-order valence-corrected chi connectivity index (χ0v) is 22.5. The van der Waals surface area contributed by atoms with Crippen molar-refractivity contribution in [2.45, 2.75) is 36.9 Å². The van der Waals surface area contributed by atoms with Gasteiger partial charge in [0, 0.05) is 12.5 Å². The number of rotatable bonds is 9. The van der Waals surface area contributed by atoms with Crippen LogP contribution in [0.3, 0.4) is 0 Å². The number of alkyl halides is 5. The quantitative estimate of drug-likeness (QED) is 0.145. The normalized spacial score (nSPS) is 16.8. The van der Waals surface area contributed by atoms with Crippen molar-refractivity contribution in [2.75, 3.05) is 36.5 Å². The number of fused-ring (bicyclic) bond motifs is 1. The summed E-state index contributed by atoms with van der Waals surface area (Å²) in [5, 5.41) is 8.46. The molecule has 2 aromatic rings. The zero-order chi connectivity index (χ0) is 29.4. The number of nitrogens with one attached hydrogen (secondary N) is 1. The standard InChI is InChI=1S/C20H23F5N6O6S2/c1-5-39(34,35)14-9-12(17(36-3)30-37-6-7-38(4,32)33)10-26-16(14)31-11(2)8-13-15(29-31)28-18(27-13)19(21,22)20(23,24)25/h8-11H,5-7H2,1-4H3,(H,27,28,29). The maximum atomic E-state index is 13.8. The van der Waals surface area contributed by atoms with Crippen molar-refractivity contribution in [2.24, 2.45) is 10.3 Å². The van der Waals surface area contributed by atoms with E-state index >= 15 is 0 Å². The molecule has 3 heterocycles. The van der Waals surface area contributed by atoms with Gasteiger partial charge in [-0.15, -0.1) is 5.10 Å². The molecule has 1 N–H and O–H groups in total. The fraction of sp³-hybridized carbons (Fsp3) is 0.500. The van der Waals surface area contributed by atoms with Gasteiger partial charge < -0.3 is 14.6 Å². The molecule has 12 nitrogen and oxygen atoms in total. The first-order chi connectivity index (χ1) is 17.9. The molecule has 39 heavy (non-hydrogen) atoms. The minimum absolute atomic E-state index is 0.0221. The number of aromatic amines is 1. The number of pyridine rings is 1. The van der Waals surface area contributed by atoms with Gasteiger partial charge in [-0.05, 0) is 24.2 Å². The van der Waals surface area contributed by atoms with Crippen molar-refractivity contribution < 1.29 is 48.4 Å². The largest absolute Gasteiger partial charge is 0.478 e. The van der Waals surface area contributed by atoms with E-state index in [-0.39, 0.29) is 39.9 Å². The van der Waals surface area contributed by atoms with Crippen LogP contribution in [0.5, 0.6) is 0 Å². The first-order valence-electron chi connectivity index (χ1n) is 11.0. The number of hydrogen-bond donors (Lipinski definition) is 1. The van der Waals surface area contributed by atoms with E-state index in [0.29, 0.717) is 0 Å². The zero-order valence-electron chi connectivity index (χ0n) is 20.8. The summed E-state index contributed by atoms with van der Waals surface area (Å²) in [6, 6.07) is 0.277. The molecule has 0 radical (unpaired) electrons.